The number of hydrogen-bond acceptors (Lipinski definition) is 2. The van der Waals surface area contributed by atoms with E-state index < -0.39 is 0 Å². The molecule has 2 aliphatic heterocycles. The van der Waals surface area contributed by atoms with E-state index in [0.29, 0.717) is 12.6 Å². The lowest BCUT2D eigenvalue weighted by molar-refractivity contribution is 0.0395. The predicted molar refractivity (Wildman–Crippen MR) is 53.7 cm³/mol. The SMILES string of the molecule is OCCC1CCCC2CCCCN12. The standard InChI is InChI=1S/C11H21NO/c13-9-7-11-6-3-5-10-4-1-2-8-12(10)11/h10-11,13H,1-9H2. The molecule has 2 heteroatoms. The second kappa shape index (κ2) is 4.43. The minimum atomic E-state index is 0.369. The lowest BCUT2D eigenvalue weighted by Crippen LogP contribution is -2.49. The van der Waals surface area contributed by atoms with Gasteiger partial charge in [0.25, 0.3) is 0 Å². The zero-order valence-electron chi connectivity index (χ0n) is 8.41. The molecule has 0 saturated carbocycles. The molecule has 0 aromatic carbocycles. The molecule has 2 heterocycles. The van der Waals surface area contributed by atoms with Crippen LogP contribution in [0.25, 0.3) is 0 Å². The van der Waals surface area contributed by atoms with Gasteiger partial charge in [0.2, 0.25) is 0 Å². The van der Waals surface area contributed by atoms with Crippen LogP contribution in [0.2, 0.25) is 0 Å². The lowest BCUT2D eigenvalue weighted by Gasteiger charge is -2.45. The van der Waals surface area contributed by atoms with Gasteiger partial charge in [0.15, 0.2) is 0 Å². The average Bonchev–Trinajstić information content (AvgIpc) is 2.19. The Bertz CT molecular complexity index is 156. The highest BCUT2D eigenvalue weighted by Crippen LogP contribution is 2.31. The molecule has 0 radical (unpaired) electrons. The number of piperidine rings is 2. The van der Waals surface area contributed by atoms with E-state index in [-0.39, 0.29) is 0 Å². The molecular formula is C11H21NO. The van der Waals surface area contributed by atoms with Crippen LogP contribution in [-0.4, -0.2) is 35.2 Å². The number of rotatable bonds is 2. The van der Waals surface area contributed by atoms with E-state index in [1.807, 2.05) is 0 Å². The van der Waals surface area contributed by atoms with E-state index in [2.05, 4.69) is 4.90 Å². The smallest absolute Gasteiger partial charge is 0.0445 e. The van der Waals surface area contributed by atoms with E-state index in [1.54, 1.807) is 0 Å². The van der Waals surface area contributed by atoms with Gasteiger partial charge in [-0.2, -0.15) is 0 Å². The first-order valence-electron chi connectivity index (χ1n) is 5.78. The van der Waals surface area contributed by atoms with Crippen LogP contribution in [0.3, 0.4) is 0 Å². The summed E-state index contributed by atoms with van der Waals surface area (Å²) in [6, 6.07) is 1.56. The molecule has 2 atom stereocenters. The van der Waals surface area contributed by atoms with Crippen molar-refractivity contribution in [3.8, 4) is 0 Å². The third-order valence-corrected chi connectivity index (χ3v) is 3.68. The van der Waals surface area contributed by atoms with Crippen LogP contribution in [0.5, 0.6) is 0 Å². The lowest BCUT2D eigenvalue weighted by atomic mass is 9.88. The van der Waals surface area contributed by atoms with Crippen molar-refractivity contribution in [2.75, 3.05) is 13.2 Å². The van der Waals surface area contributed by atoms with Crippen LogP contribution in [0.15, 0.2) is 0 Å². The van der Waals surface area contributed by atoms with E-state index in [4.69, 9.17) is 5.11 Å². The number of aliphatic hydroxyl groups excluding tert-OH is 1. The highest BCUT2D eigenvalue weighted by Gasteiger charge is 2.31. The zero-order chi connectivity index (χ0) is 9.10. The molecule has 0 aliphatic carbocycles. The van der Waals surface area contributed by atoms with Crippen LogP contribution >= 0.6 is 0 Å². The van der Waals surface area contributed by atoms with Gasteiger partial charge in [0.05, 0.1) is 0 Å². The minimum absolute atomic E-state index is 0.369. The monoisotopic (exact) mass is 183 g/mol. The molecule has 1 N–H and O–H groups in total. The first-order valence-corrected chi connectivity index (χ1v) is 5.78. The van der Waals surface area contributed by atoms with Gasteiger partial charge in [-0.3, -0.25) is 4.90 Å². The van der Waals surface area contributed by atoms with Gasteiger partial charge in [0.1, 0.15) is 0 Å². The molecule has 2 rings (SSSR count). The van der Waals surface area contributed by atoms with Crippen molar-refractivity contribution in [3.63, 3.8) is 0 Å². The average molecular weight is 183 g/mol. The fourth-order valence-corrected chi connectivity index (χ4v) is 3.03. The first-order chi connectivity index (χ1) is 6.42. The minimum Gasteiger partial charge on any atom is -0.396 e. The third-order valence-electron chi connectivity index (χ3n) is 3.68. The second-order valence-electron chi connectivity index (χ2n) is 4.48. The molecule has 2 unspecified atom stereocenters. The highest BCUT2D eigenvalue weighted by atomic mass is 16.3. The molecular weight excluding hydrogens is 162 g/mol. The van der Waals surface area contributed by atoms with Crippen molar-refractivity contribution >= 4 is 0 Å². The van der Waals surface area contributed by atoms with E-state index in [0.717, 1.165) is 12.5 Å². The number of aliphatic hydroxyl groups is 1. The van der Waals surface area contributed by atoms with Crippen molar-refractivity contribution in [1.29, 1.82) is 0 Å². The Morgan fingerprint density at radius 1 is 1.08 bits per heavy atom. The summed E-state index contributed by atoms with van der Waals surface area (Å²) in [7, 11) is 0. The summed E-state index contributed by atoms with van der Waals surface area (Å²) in [5, 5.41) is 8.98. The van der Waals surface area contributed by atoms with Crippen molar-refractivity contribution in [1.82, 2.24) is 4.90 Å². The molecule has 2 fully saturated rings. The van der Waals surface area contributed by atoms with Crippen LogP contribution in [0.1, 0.15) is 44.9 Å². The Morgan fingerprint density at radius 2 is 1.92 bits per heavy atom. The maximum atomic E-state index is 8.98. The molecule has 76 valence electrons. The van der Waals surface area contributed by atoms with Crippen LogP contribution < -0.4 is 0 Å². The molecule has 2 saturated heterocycles. The molecule has 2 nitrogen and oxygen atoms in total. The second-order valence-corrected chi connectivity index (χ2v) is 4.48. The molecule has 13 heavy (non-hydrogen) atoms. The predicted octanol–water partition coefficient (Wildman–Crippen LogP) is 1.78. The van der Waals surface area contributed by atoms with Gasteiger partial charge in [-0.05, 0) is 38.6 Å². The Morgan fingerprint density at radius 3 is 2.77 bits per heavy atom. The molecule has 0 spiro atoms. The molecule has 0 aromatic rings. The molecule has 0 amide bonds. The van der Waals surface area contributed by atoms with Crippen molar-refractivity contribution in [2.24, 2.45) is 0 Å². The highest BCUT2D eigenvalue weighted by molar-refractivity contribution is 4.86. The molecule has 2 aliphatic rings. The normalized spacial score (nSPS) is 35.8. The summed E-state index contributed by atoms with van der Waals surface area (Å²) in [5.41, 5.74) is 0. The van der Waals surface area contributed by atoms with Crippen molar-refractivity contribution in [2.45, 2.75) is 57.0 Å². The van der Waals surface area contributed by atoms with Gasteiger partial charge in [0, 0.05) is 18.7 Å². The Balaban J connectivity index is 1.94. The van der Waals surface area contributed by atoms with Gasteiger partial charge in [-0.25, -0.2) is 0 Å². The van der Waals surface area contributed by atoms with Crippen LogP contribution in [0, 0.1) is 0 Å². The van der Waals surface area contributed by atoms with Gasteiger partial charge in [-0.15, -0.1) is 0 Å². The summed E-state index contributed by atoms with van der Waals surface area (Å²) >= 11 is 0. The van der Waals surface area contributed by atoms with E-state index in [1.165, 1.54) is 45.1 Å². The number of fused-ring (bicyclic) bond motifs is 1. The fourth-order valence-electron chi connectivity index (χ4n) is 3.03. The number of nitrogens with zero attached hydrogens (tertiary/aromatic N) is 1. The summed E-state index contributed by atoms with van der Waals surface area (Å²) in [6.45, 7) is 1.66. The third kappa shape index (κ3) is 2.05. The van der Waals surface area contributed by atoms with Crippen LogP contribution in [-0.2, 0) is 0 Å². The van der Waals surface area contributed by atoms with Gasteiger partial charge in [-0.1, -0.05) is 12.8 Å². The molecule has 0 aromatic heterocycles. The van der Waals surface area contributed by atoms with Crippen molar-refractivity contribution in [3.05, 3.63) is 0 Å². The largest absolute Gasteiger partial charge is 0.396 e. The summed E-state index contributed by atoms with van der Waals surface area (Å²) in [6.07, 6.45) is 9.30. The van der Waals surface area contributed by atoms with E-state index >= 15 is 0 Å². The van der Waals surface area contributed by atoms with Crippen molar-refractivity contribution < 1.29 is 5.11 Å². The maximum absolute atomic E-state index is 8.98. The maximum Gasteiger partial charge on any atom is 0.0445 e. The number of hydrogen-bond donors (Lipinski definition) is 1. The zero-order valence-corrected chi connectivity index (χ0v) is 8.41. The summed E-state index contributed by atoms with van der Waals surface area (Å²) in [4.78, 5) is 2.67. The quantitative estimate of drug-likeness (QED) is 0.705. The molecule has 0 bridgehead atoms. The van der Waals surface area contributed by atoms with Gasteiger partial charge >= 0.3 is 0 Å². The topological polar surface area (TPSA) is 23.5 Å². The van der Waals surface area contributed by atoms with E-state index in [9.17, 15) is 0 Å². The Kier molecular flexibility index (Phi) is 3.23. The van der Waals surface area contributed by atoms with Crippen LogP contribution in [0.4, 0.5) is 0 Å². The Hall–Kier alpha value is -0.0800. The summed E-state index contributed by atoms with van der Waals surface area (Å²) in [5.74, 6) is 0. The first kappa shape index (κ1) is 9.47. The fraction of sp³-hybridized carbons (Fsp3) is 1.00. The summed E-state index contributed by atoms with van der Waals surface area (Å²) < 4.78 is 0. The Labute approximate surface area is 80.9 Å². The van der Waals surface area contributed by atoms with Gasteiger partial charge < -0.3 is 5.11 Å².